The Kier molecular flexibility index (Phi) is 7.86. The third-order valence-electron chi connectivity index (χ3n) is 2.92. The first-order chi connectivity index (χ1) is 10.4. The van der Waals surface area contributed by atoms with Crippen LogP contribution in [0.2, 0.25) is 0 Å². The Hall–Kier alpha value is -1.64. The van der Waals surface area contributed by atoms with Crippen LogP contribution in [0.5, 0.6) is 0 Å². The van der Waals surface area contributed by atoms with Gasteiger partial charge in [-0.1, -0.05) is 18.2 Å². The second kappa shape index (κ2) is 9.39. The average molecular weight is 418 g/mol. The predicted octanol–water partition coefficient (Wildman–Crippen LogP) is 1.15. The average Bonchev–Trinajstić information content (AvgIpc) is 2.47. The van der Waals surface area contributed by atoms with E-state index in [0.29, 0.717) is 6.42 Å². The summed E-state index contributed by atoms with van der Waals surface area (Å²) in [6.07, 6.45) is 0.266. The van der Waals surface area contributed by atoms with Gasteiger partial charge in [-0.3, -0.25) is 14.4 Å². The molecule has 0 saturated carbocycles. The first-order valence-corrected chi connectivity index (χ1v) is 7.99. The Labute approximate surface area is 142 Å². The fourth-order valence-corrected chi connectivity index (χ4v) is 2.43. The molecule has 6 nitrogen and oxygen atoms in total. The quantitative estimate of drug-likeness (QED) is 0.489. The van der Waals surface area contributed by atoms with Crippen molar-refractivity contribution in [2.75, 3.05) is 6.61 Å². The van der Waals surface area contributed by atoms with Crippen molar-refractivity contribution in [2.45, 2.75) is 32.2 Å². The zero-order valence-corrected chi connectivity index (χ0v) is 14.5. The molecule has 120 valence electrons. The molecule has 1 aromatic rings. The number of carbonyl (C=O) groups excluding carboxylic acids is 3. The number of esters is 1. The van der Waals surface area contributed by atoms with Gasteiger partial charge in [0.1, 0.15) is 6.04 Å². The molecular weight excluding hydrogens is 399 g/mol. The van der Waals surface area contributed by atoms with Crippen molar-refractivity contribution in [3.8, 4) is 0 Å². The van der Waals surface area contributed by atoms with Crippen LogP contribution < -0.4 is 11.1 Å². The fraction of sp³-hybridized carbons (Fsp3) is 0.400. The van der Waals surface area contributed by atoms with Gasteiger partial charge in [-0.15, -0.1) is 0 Å². The monoisotopic (exact) mass is 418 g/mol. The topological polar surface area (TPSA) is 98.5 Å². The van der Waals surface area contributed by atoms with Crippen molar-refractivity contribution >= 4 is 40.4 Å². The molecule has 22 heavy (non-hydrogen) atoms. The smallest absolute Gasteiger partial charge is 0.306 e. The van der Waals surface area contributed by atoms with Crippen molar-refractivity contribution in [2.24, 2.45) is 5.73 Å². The molecule has 0 aliphatic rings. The number of hydrogen-bond acceptors (Lipinski definition) is 4. The minimum atomic E-state index is -0.800. The fourth-order valence-electron chi connectivity index (χ4n) is 1.82. The summed E-state index contributed by atoms with van der Waals surface area (Å²) in [6.45, 7) is 1.97. The molecule has 3 N–H and O–H groups in total. The maximum absolute atomic E-state index is 11.8. The molecule has 1 rings (SSSR count). The standard InChI is InChI=1S/C15H19IN2O4/c1-2-22-14(20)8-7-13(19)18-12(15(17)21)9-10-5-3-4-6-11(10)16/h3-6,12H,2,7-9H2,1H3,(H2,17,21)(H,18,19)/t12-/m1/s1. The number of hydrogen-bond donors (Lipinski definition) is 2. The van der Waals surface area contributed by atoms with E-state index in [2.05, 4.69) is 27.9 Å². The van der Waals surface area contributed by atoms with E-state index in [4.69, 9.17) is 10.5 Å². The number of carbonyl (C=O) groups is 3. The van der Waals surface area contributed by atoms with Gasteiger partial charge in [-0.2, -0.15) is 0 Å². The number of benzene rings is 1. The number of primary amides is 1. The number of amides is 2. The van der Waals surface area contributed by atoms with Gasteiger partial charge < -0.3 is 15.8 Å². The predicted molar refractivity (Wildman–Crippen MR) is 89.9 cm³/mol. The van der Waals surface area contributed by atoms with E-state index in [1.54, 1.807) is 6.92 Å². The molecule has 0 aliphatic heterocycles. The Balaban J connectivity index is 2.58. The molecule has 0 fully saturated rings. The summed E-state index contributed by atoms with van der Waals surface area (Å²) in [5, 5.41) is 2.57. The molecule has 0 aliphatic carbocycles. The second-order valence-electron chi connectivity index (χ2n) is 4.62. The number of halogens is 1. The Bertz CT molecular complexity index is 548. The lowest BCUT2D eigenvalue weighted by Gasteiger charge is -2.16. The third kappa shape index (κ3) is 6.42. The van der Waals surface area contributed by atoms with Gasteiger partial charge in [0, 0.05) is 16.4 Å². The minimum Gasteiger partial charge on any atom is -0.466 e. The molecule has 2 amide bonds. The highest BCUT2D eigenvalue weighted by Crippen LogP contribution is 2.13. The van der Waals surface area contributed by atoms with Crippen LogP contribution in [0.4, 0.5) is 0 Å². The lowest BCUT2D eigenvalue weighted by Crippen LogP contribution is -2.46. The lowest BCUT2D eigenvalue weighted by molar-refractivity contribution is -0.144. The Morgan fingerprint density at radius 2 is 1.95 bits per heavy atom. The largest absolute Gasteiger partial charge is 0.466 e. The summed E-state index contributed by atoms with van der Waals surface area (Å²) in [5.74, 6) is -1.45. The third-order valence-corrected chi connectivity index (χ3v) is 3.97. The van der Waals surface area contributed by atoms with Crippen molar-refractivity contribution < 1.29 is 19.1 Å². The van der Waals surface area contributed by atoms with Crippen LogP contribution in [-0.2, 0) is 25.5 Å². The van der Waals surface area contributed by atoms with E-state index < -0.39 is 23.8 Å². The summed E-state index contributed by atoms with van der Waals surface area (Å²) in [5.41, 5.74) is 6.27. The van der Waals surface area contributed by atoms with Gasteiger partial charge >= 0.3 is 5.97 Å². The van der Waals surface area contributed by atoms with Crippen molar-refractivity contribution in [3.05, 3.63) is 33.4 Å². The Morgan fingerprint density at radius 3 is 2.55 bits per heavy atom. The molecule has 1 aromatic carbocycles. The number of rotatable bonds is 8. The van der Waals surface area contributed by atoms with E-state index in [9.17, 15) is 14.4 Å². The molecule has 0 unspecified atom stereocenters. The van der Waals surface area contributed by atoms with Crippen LogP contribution in [0.3, 0.4) is 0 Å². The molecule has 0 heterocycles. The number of nitrogens with two attached hydrogens (primary N) is 1. The highest BCUT2D eigenvalue weighted by atomic mass is 127. The molecule has 0 spiro atoms. The number of nitrogens with one attached hydrogen (secondary N) is 1. The van der Waals surface area contributed by atoms with Gasteiger partial charge in [0.15, 0.2) is 0 Å². The molecule has 0 saturated heterocycles. The maximum Gasteiger partial charge on any atom is 0.306 e. The van der Waals surface area contributed by atoms with E-state index in [-0.39, 0.29) is 19.4 Å². The van der Waals surface area contributed by atoms with Crippen LogP contribution in [0.1, 0.15) is 25.3 Å². The second-order valence-corrected chi connectivity index (χ2v) is 5.79. The van der Waals surface area contributed by atoms with E-state index >= 15 is 0 Å². The molecular formula is C15H19IN2O4. The minimum absolute atomic E-state index is 0.0198. The molecule has 1 atom stereocenters. The first kappa shape index (κ1) is 18.4. The summed E-state index contributed by atoms with van der Waals surface area (Å²) < 4.78 is 5.74. The normalized spacial score (nSPS) is 11.5. The zero-order chi connectivity index (χ0) is 16.5. The van der Waals surface area contributed by atoms with Gasteiger partial charge in [0.25, 0.3) is 0 Å². The van der Waals surface area contributed by atoms with Crippen LogP contribution in [0, 0.1) is 3.57 Å². The van der Waals surface area contributed by atoms with E-state index in [1.807, 2.05) is 24.3 Å². The summed E-state index contributed by atoms with van der Waals surface area (Å²) >= 11 is 2.16. The van der Waals surface area contributed by atoms with Crippen LogP contribution in [0.25, 0.3) is 0 Å². The van der Waals surface area contributed by atoms with E-state index in [1.165, 1.54) is 0 Å². The SMILES string of the molecule is CCOC(=O)CCC(=O)N[C@H](Cc1ccccc1I)C(N)=O. The van der Waals surface area contributed by atoms with Gasteiger partial charge in [-0.25, -0.2) is 0 Å². The van der Waals surface area contributed by atoms with Gasteiger partial charge in [0.2, 0.25) is 11.8 Å². The molecule has 0 radical (unpaired) electrons. The van der Waals surface area contributed by atoms with Crippen molar-refractivity contribution in [1.29, 1.82) is 0 Å². The maximum atomic E-state index is 11.8. The zero-order valence-electron chi connectivity index (χ0n) is 12.3. The van der Waals surface area contributed by atoms with E-state index in [0.717, 1.165) is 9.13 Å². The molecule has 0 bridgehead atoms. The highest BCUT2D eigenvalue weighted by Gasteiger charge is 2.20. The summed E-state index contributed by atoms with van der Waals surface area (Å²) in [6, 6.07) is 6.74. The van der Waals surface area contributed by atoms with Crippen LogP contribution >= 0.6 is 22.6 Å². The number of ether oxygens (including phenoxy) is 1. The van der Waals surface area contributed by atoms with Crippen LogP contribution in [0.15, 0.2) is 24.3 Å². The first-order valence-electron chi connectivity index (χ1n) is 6.91. The van der Waals surface area contributed by atoms with Gasteiger partial charge in [0.05, 0.1) is 13.0 Å². The summed E-state index contributed by atoms with van der Waals surface area (Å²) in [7, 11) is 0. The summed E-state index contributed by atoms with van der Waals surface area (Å²) in [4.78, 5) is 34.5. The van der Waals surface area contributed by atoms with Gasteiger partial charge in [-0.05, 0) is 41.1 Å². The highest BCUT2D eigenvalue weighted by molar-refractivity contribution is 14.1. The molecule has 0 aromatic heterocycles. The molecule has 7 heteroatoms. The van der Waals surface area contributed by atoms with Crippen molar-refractivity contribution in [3.63, 3.8) is 0 Å². The van der Waals surface area contributed by atoms with Crippen LogP contribution in [-0.4, -0.2) is 30.4 Å². The Morgan fingerprint density at radius 1 is 1.27 bits per heavy atom. The lowest BCUT2D eigenvalue weighted by atomic mass is 10.1. The van der Waals surface area contributed by atoms with Crippen molar-refractivity contribution in [1.82, 2.24) is 5.32 Å².